The summed E-state index contributed by atoms with van der Waals surface area (Å²) < 4.78 is 0. The van der Waals surface area contributed by atoms with E-state index in [1.165, 1.54) is 0 Å². The maximum atomic E-state index is 8.91. The van der Waals surface area contributed by atoms with Gasteiger partial charge in [0.2, 0.25) is 0 Å². The second kappa shape index (κ2) is 6.10. The van der Waals surface area contributed by atoms with Gasteiger partial charge in [0, 0.05) is 6.04 Å². The number of nitrogens with zero attached hydrogens (tertiary/aromatic N) is 2. The van der Waals surface area contributed by atoms with E-state index in [2.05, 4.69) is 17.5 Å². The molecule has 1 atom stereocenters. The lowest BCUT2D eigenvalue weighted by Crippen LogP contribution is -2.07. The highest BCUT2D eigenvalue weighted by molar-refractivity contribution is 6.33. The van der Waals surface area contributed by atoms with Crippen molar-refractivity contribution in [3.05, 3.63) is 64.2 Å². The number of anilines is 1. The van der Waals surface area contributed by atoms with E-state index in [1.807, 2.05) is 19.1 Å². The van der Waals surface area contributed by atoms with Crippen molar-refractivity contribution in [2.45, 2.75) is 13.0 Å². The number of halogens is 1. The SMILES string of the molecule is CC(Nc1cc(C#N)ccc1Cl)c1ccc(C#N)cc1. The highest BCUT2D eigenvalue weighted by atomic mass is 35.5. The van der Waals surface area contributed by atoms with Gasteiger partial charge in [0.05, 0.1) is 34.0 Å². The van der Waals surface area contributed by atoms with Gasteiger partial charge in [-0.25, -0.2) is 0 Å². The molecule has 0 aliphatic rings. The van der Waals surface area contributed by atoms with Crippen molar-refractivity contribution in [1.82, 2.24) is 0 Å². The third-order valence-electron chi connectivity index (χ3n) is 3.01. The Hall–Kier alpha value is -2.49. The molecule has 0 fully saturated rings. The van der Waals surface area contributed by atoms with Crippen LogP contribution in [0.1, 0.15) is 29.7 Å². The molecule has 20 heavy (non-hydrogen) atoms. The molecule has 4 heteroatoms. The van der Waals surface area contributed by atoms with Gasteiger partial charge in [-0.05, 0) is 42.8 Å². The lowest BCUT2D eigenvalue weighted by atomic mass is 10.1. The molecule has 1 N–H and O–H groups in total. The summed E-state index contributed by atoms with van der Waals surface area (Å²) >= 11 is 6.12. The van der Waals surface area contributed by atoms with Crippen molar-refractivity contribution in [3.63, 3.8) is 0 Å². The van der Waals surface area contributed by atoms with E-state index in [0.717, 1.165) is 11.3 Å². The van der Waals surface area contributed by atoms with E-state index in [1.54, 1.807) is 30.3 Å². The smallest absolute Gasteiger partial charge is 0.0992 e. The topological polar surface area (TPSA) is 59.6 Å². The minimum Gasteiger partial charge on any atom is -0.377 e. The third-order valence-corrected chi connectivity index (χ3v) is 3.34. The normalized spacial score (nSPS) is 11.2. The summed E-state index contributed by atoms with van der Waals surface area (Å²) in [5, 5.41) is 21.5. The van der Waals surface area contributed by atoms with Crippen LogP contribution in [0.25, 0.3) is 0 Å². The molecule has 0 radical (unpaired) electrons. The molecule has 0 saturated heterocycles. The molecule has 1 unspecified atom stereocenters. The fraction of sp³-hybridized carbons (Fsp3) is 0.125. The van der Waals surface area contributed by atoms with E-state index in [0.29, 0.717) is 16.1 Å². The summed E-state index contributed by atoms with van der Waals surface area (Å²) in [5.74, 6) is 0. The molecule has 2 aromatic carbocycles. The number of rotatable bonds is 3. The summed E-state index contributed by atoms with van der Waals surface area (Å²) in [5.41, 5.74) is 2.96. The standard InChI is InChI=1S/C16H12ClN3/c1-11(14-5-2-12(9-18)3-6-14)20-16-8-13(10-19)4-7-15(16)17/h2-8,11,20H,1H3. The van der Waals surface area contributed by atoms with Crippen molar-refractivity contribution < 1.29 is 0 Å². The summed E-state index contributed by atoms with van der Waals surface area (Å²) in [4.78, 5) is 0. The molecule has 3 nitrogen and oxygen atoms in total. The van der Waals surface area contributed by atoms with Crippen LogP contribution in [0, 0.1) is 22.7 Å². The van der Waals surface area contributed by atoms with E-state index < -0.39 is 0 Å². The van der Waals surface area contributed by atoms with Crippen molar-refractivity contribution in [1.29, 1.82) is 10.5 Å². The van der Waals surface area contributed by atoms with Crippen molar-refractivity contribution in [2.24, 2.45) is 0 Å². The minimum atomic E-state index is 0.0224. The van der Waals surface area contributed by atoms with Crippen LogP contribution >= 0.6 is 11.6 Å². The first-order valence-corrected chi connectivity index (χ1v) is 6.48. The number of hydrogen-bond donors (Lipinski definition) is 1. The van der Waals surface area contributed by atoms with Crippen LogP contribution in [-0.4, -0.2) is 0 Å². The van der Waals surface area contributed by atoms with Crippen LogP contribution in [0.4, 0.5) is 5.69 Å². The lowest BCUT2D eigenvalue weighted by Gasteiger charge is -2.17. The second-order valence-corrected chi connectivity index (χ2v) is 4.81. The molecule has 0 spiro atoms. The maximum Gasteiger partial charge on any atom is 0.0992 e. The fourth-order valence-electron chi connectivity index (χ4n) is 1.87. The Bertz CT molecular complexity index is 693. The highest BCUT2D eigenvalue weighted by Gasteiger charge is 2.08. The van der Waals surface area contributed by atoms with Gasteiger partial charge in [-0.3, -0.25) is 0 Å². The van der Waals surface area contributed by atoms with Gasteiger partial charge in [-0.1, -0.05) is 23.7 Å². The molecular formula is C16H12ClN3. The predicted octanol–water partition coefficient (Wildman–Crippen LogP) is 4.26. The van der Waals surface area contributed by atoms with Gasteiger partial charge >= 0.3 is 0 Å². The van der Waals surface area contributed by atoms with Gasteiger partial charge in [0.25, 0.3) is 0 Å². The number of hydrogen-bond acceptors (Lipinski definition) is 3. The fourth-order valence-corrected chi connectivity index (χ4v) is 2.04. The average Bonchev–Trinajstić information content (AvgIpc) is 2.49. The summed E-state index contributed by atoms with van der Waals surface area (Å²) in [6.07, 6.45) is 0. The molecule has 0 aliphatic carbocycles. The van der Waals surface area contributed by atoms with Gasteiger partial charge in [-0.15, -0.1) is 0 Å². The Morgan fingerprint density at radius 1 is 1.00 bits per heavy atom. The average molecular weight is 282 g/mol. The summed E-state index contributed by atoms with van der Waals surface area (Å²) in [6.45, 7) is 2.00. The Kier molecular flexibility index (Phi) is 4.25. The summed E-state index contributed by atoms with van der Waals surface area (Å²) in [7, 11) is 0. The first-order valence-electron chi connectivity index (χ1n) is 6.10. The van der Waals surface area contributed by atoms with E-state index in [-0.39, 0.29) is 6.04 Å². The molecule has 0 amide bonds. The second-order valence-electron chi connectivity index (χ2n) is 4.41. The molecule has 2 aromatic rings. The Balaban J connectivity index is 2.21. The maximum absolute atomic E-state index is 8.91. The Morgan fingerprint density at radius 3 is 2.20 bits per heavy atom. The first kappa shape index (κ1) is 13.9. The zero-order valence-electron chi connectivity index (χ0n) is 10.9. The van der Waals surface area contributed by atoms with Crippen molar-refractivity contribution in [2.75, 3.05) is 5.32 Å². The third kappa shape index (κ3) is 3.09. The quantitative estimate of drug-likeness (QED) is 0.914. The lowest BCUT2D eigenvalue weighted by molar-refractivity contribution is 0.884. The zero-order chi connectivity index (χ0) is 14.5. The Morgan fingerprint density at radius 2 is 1.60 bits per heavy atom. The molecule has 2 rings (SSSR count). The molecule has 0 aliphatic heterocycles. The number of nitriles is 2. The summed E-state index contributed by atoms with van der Waals surface area (Å²) in [6, 6.07) is 16.7. The number of nitrogens with one attached hydrogen (secondary N) is 1. The van der Waals surface area contributed by atoms with Crippen LogP contribution in [0.2, 0.25) is 5.02 Å². The van der Waals surface area contributed by atoms with Crippen LogP contribution < -0.4 is 5.32 Å². The van der Waals surface area contributed by atoms with Crippen molar-refractivity contribution in [3.8, 4) is 12.1 Å². The van der Waals surface area contributed by atoms with Crippen molar-refractivity contribution >= 4 is 17.3 Å². The van der Waals surface area contributed by atoms with E-state index in [9.17, 15) is 0 Å². The largest absolute Gasteiger partial charge is 0.377 e. The zero-order valence-corrected chi connectivity index (χ0v) is 11.6. The molecule has 0 heterocycles. The van der Waals surface area contributed by atoms with Crippen LogP contribution in [-0.2, 0) is 0 Å². The van der Waals surface area contributed by atoms with Gasteiger partial charge in [0.15, 0.2) is 0 Å². The van der Waals surface area contributed by atoms with Crippen LogP contribution in [0.5, 0.6) is 0 Å². The van der Waals surface area contributed by atoms with Crippen LogP contribution in [0.15, 0.2) is 42.5 Å². The predicted molar refractivity (Wildman–Crippen MR) is 79.4 cm³/mol. The molecule has 0 aromatic heterocycles. The Labute approximate surface area is 123 Å². The van der Waals surface area contributed by atoms with Gasteiger partial charge < -0.3 is 5.32 Å². The van der Waals surface area contributed by atoms with Gasteiger partial charge in [-0.2, -0.15) is 10.5 Å². The minimum absolute atomic E-state index is 0.0224. The highest BCUT2D eigenvalue weighted by Crippen LogP contribution is 2.27. The molecule has 98 valence electrons. The molecular weight excluding hydrogens is 270 g/mol. The van der Waals surface area contributed by atoms with E-state index >= 15 is 0 Å². The molecule has 0 bridgehead atoms. The van der Waals surface area contributed by atoms with Crippen LogP contribution in [0.3, 0.4) is 0 Å². The first-order chi connectivity index (χ1) is 9.63. The van der Waals surface area contributed by atoms with E-state index in [4.69, 9.17) is 22.1 Å². The van der Waals surface area contributed by atoms with Gasteiger partial charge in [0.1, 0.15) is 0 Å². The molecule has 0 saturated carbocycles. The number of benzene rings is 2. The monoisotopic (exact) mass is 281 g/mol.